The van der Waals surface area contributed by atoms with E-state index >= 15 is 0 Å². The van der Waals surface area contributed by atoms with Crippen LogP contribution in [0.25, 0.3) is 10.2 Å². The minimum absolute atomic E-state index is 0.0804. The van der Waals surface area contributed by atoms with Crippen LogP contribution in [-0.4, -0.2) is 48.7 Å². The van der Waals surface area contributed by atoms with E-state index in [1.54, 1.807) is 35.2 Å². The van der Waals surface area contributed by atoms with E-state index in [1.807, 2.05) is 19.0 Å². The summed E-state index contributed by atoms with van der Waals surface area (Å²) in [6.45, 7) is 5.73. The van der Waals surface area contributed by atoms with Gasteiger partial charge in [0.1, 0.15) is 5.82 Å². The molecule has 0 aliphatic carbocycles. The number of hydrogen-bond acceptors (Lipinski definition) is 5. The van der Waals surface area contributed by atoms with E-state index in [0.717, 1.165) is 33.2 Å². The maximum Gasteiger partial charge on any atom is 0.229 e. The first-order chi connectivity index (χ1) is 14.3. The largest absolute Gasteiger partial charge is 0.309 e. The van der Waals surface area contributed by atoms with Crippen LogP contribution >= 0.6 is 23.1 Å². The number of aromatic nitrogens is 1. The number of nitrogens with zero attached hydrogens (tertiary/aromatic N) is 3. The third-order valence-electron chi connectivity index (χ3n) is 4.99. The zero-order valence-corrected chi connectivity index (χ0v) is 19.6. The van der Waals surface area contributed by atoms with E-state index in [-0.39, 0.29) is 11.7 Å². The Labute approximate surface area is 186 Å². The van der Waals surface area contributed by atoms with Crippen LogP contribution < -0.4 is 4.90 Å². The van der Waals surface area contributed by atoms with Crippen LogP contribution in [0.3, 0.4) is 0 Å². The highest BCUT2D eigenvalue weighted by molar-refractivity contribution is 7.99. The number of aryl methyl sites for hydroxylation is 2. The van der Waals surface area contributed by atoms with Crippen LogP contribution in [0, 0.1) is 19.7 Å². The van der Waals surface area contributed by atoms with Gasteiger partial charge in [0.15, 0.2) is 5.13 Å². The molecule has 3 aromatic rings. The number of benzene rings is 2. The number of rotatable bonds is 9. The van der Waals surface area contributed by atoms with Gasteiger partial charge in [0.05, 0.1) is 10.2 Å². The maximum atomic E-state index is 13.1. The molecular weight excluding hydrogens is 417 g/mol. The first kappa shape index (κ1) is 22.7. The molecule has 4 nitrogen and oxygen atoms in total. The average molecular weight is 446 g/mol. The van der Waals surface area contributed by atoms with Crippen molar-refractivity contribution in [3.8, 4) is 0 Å². The van der Waals surface area contributed by atoms with Gasteiger partial charge >= 0.3 is 0 Å². The third kappa shape index (κ3) is 5.80. The highest BCUT2D eigenvalue weighted by atomic mass is 32.2. The molecule has 0 spiro atoms. The lowest BCUT2D eigenvalue weighted by molar-refractivity contribution is -0.118. The molecule has 0 unspecified atom stereocenters. The summed E-state index contributed by atoms with van der Waals surface area (Å²) in [4.78, 5) is 22.9. The predicted octanol–water partition coefficient (Wildman–Crippen LogP) is 5.52. The Bertz CT molecular complexity index is 1000. The molecule has 160 valence electrons. The van der Waals surface area contributed by atoms with Crippen molar-refractivity contribution in [2.75, 3.05) is 37.8 Å². The van der Waals surface area contributed by atoms with Gasteiger partial charge in [-0.3, -0.25) is 9.69 Å². The fraction of sp³-hybridized carbons (Fsp3) is 0.391. The van der Waals surface area contributed by atoms with Gasteiger partial charge in [-0.15, -0.1) is 11.8 Å². The van der Waals surface area contributed by atoms with E-state index in [1.165, 1.54) is 23.3 Å². The van der Waals surface area contributed by atoms with Crippen LogP contribution in [-0.2, 0) is 4.79 Å². The number of amides is 1. The number of anilines is 1. The molecule has 0 aliphatic rings. The van der Waals surface area contributed by atoms with Gasteiger partial charge in [-0.25, -0.2) is 9.37 Å². The second-order valence-electron chi connectivity index (χ2n) is 7.61. The molecule has 7 heteroatoms. The van der Waals surface area contributed by atoms with E-state index in [0.29, 0.717) is 18.7 Å². The van der Waals surface area contributed by atoms with Gasteiger partial charge < -0.3 is 4.90 Å². The summed E-state index contributed by atoms with van der Waals surface area (Å²) >= 11 is 3.15. The molecule has 1 heterocycles. The third-order valence-corrected chi connectivity index (χ3v) is 7.05. The molecule has 2 aromatic carbocycles. The summed E-state index contributed by atoms with van der Waals surface area (Å²) in [6.07, 6.45) is 1.30. The molecule has 0 fully saturated rings. The topological polar surface area (TPSA) is 36.4 Å². The Balaban J connectivity index is 1.73. The number of fused-ring (bicyclic) bond motifs is 1. The number of carbonyl (C=O) groups is 1. The highest BCUT2D eigenvalue weighted by Crippen LogP contribution is 2.32. The standard InChI is InChI=1S/C23H28FN3OS2/c1-16-6-11-20-22(17(16)2)25-23(30-20)27(14-5-13-26(3)4)21(28)12-15-29-19-9-7-18(24)8-10-19/h6-11H,5,12-15H2,1-4H3. The fourth-order valence-electron chi connectivity index (χ4n) is 3.12. The number of thiazole rings is 1. The number of halogens is 1. The van der Waals surface area contributed by atoms with Crippen LogP contribution in [0.1, 0.15) is 24.0 Å². The summed E-state index contributed by atoms with van der Waals surface area (Å²) in [7, 11) is 4.07. The minimum atomic E-state index is -0.246. The zero-order chi connectivity index (χ0) is 21.7. The fourth-order valence-corrected chi connectivity index (χ4v) is 5.03. The first-order valence-corrected chi connectivity index (χ1v) is 11.9. The van der Waals surface area contributed by atoms with Crippen LogP contribution in [0.2, 0.25) is 0 Å². The smallest absolute Gasteiger partial charge is 0.229 e. The molecule has 3 rings (SSSR count). The number of hydrogen-bond donors (Lipinski definition) is 0. The van der Waals surface area contributed by atoms with Crippen LogP contribution in [0.5, 0.6) is 0 Å². The molecule has 0 saturated heterocycles. The minimum Gasteiger partial charge on any atom is -0.309 e. The van der Waals surface area contributed by atoms with Crippen molar-refractivity contribution in [2.45, 2.75) is 31.6 Å². The second-order valence-corrected chi connectivity index (χ2v) is 9.78. The molecule has 1 aromatic heterocycles. The molecule has 1 amide bonds. The molecule has 0 bridgehead atoms. The van der Waals surface area contributed by atoms with Gasteiger partial charge in [-0.2, -0.15) is 0 Å². The van der Waals surface area contributed by atoms with Crippen molar-refractivity contribution in [1.82, 2.24) is 9.88 Å². The molecule has 0 saturated carbocycles. The van der Waals surface area contributed by atoms with Crippen molar-refractivity contribution >= 4 is 44.4 Å². The van der Waals surface area contributed by atoms with E-state index < -0.39 is 0 Å². The number of thioether (sulfide) groups is 1. The van der Waals surface area contributed by atoms with Crippen molar-refractivity contribution in [2.24, 2.45) is 0 Å². The maximum absolute atomic E-state index is 13.1. The quantitative estimate of drug-likeness (QED) is 0.407. The lowest BCUT2D eigenvalue weighted by Crippen LogP contribution is -2.33. The SMILES string of the molecule is Cc1ccc2sc(N(CCCN(C)C)C(=O)CCSc3ccc(F)cc3)nc2c1C. The predicted molar refractivity (Wildman–Crippen MR) is 126 cm³/mol. The molecular formula is C23H28FN3OS2. The van der Waals surface area contributed by atoms with Gasteiger partial charge in [0.25, 0.3) is 0 Å². The lowest BCUT2D eigenvalue weighted by atomic mass is 10.1. The highest BCUT2D eigenvalue weighted by Gasteiger charge is 2.20. The summed E-state index contributed by atoms with van der Waals surface area (Å²) in [5, 5.41) is 0.772. The van der Waals surface area contributed by atoms with Gasteiger partial charge in [0.2, 0.25) is 5.91 Å². The second kappa shape index (κ2) is 10.4. The normalized spacial score (nSPS) is 11.4. The van der Waals surface area contributed by atoms with Crippen LogP contribution in [0.15, 0.2) is 41.3 Å². The van der Waals surface area contributed by atoms with Crippen molar-refractivity contribution in [1.29, 1.82) is 0 Å². The Kier molecular flexibility index (Phi) is 7.86. The van der Waals surface area contributed by atoms with Crippen molar-refractivity contribution in [3.63, 3.8) is 0 Å². The van der Waals surface area contributed by atoms with Crippen molar-refractivity contribution < 1.29 is 9.18 Å². The van der Waals surface area contributed by atoms with Gasteiger partial charge in [0, 0.05) is 23.6 Å². The Morgan fingerprint density at radius 3 is 2.53 bits per heavy atom. The monoisotopic (exact) mass is 445 g/mol. The molecule has 0 radical (unpaired) electrons. The summed E-state index contributed by atoms with van der Waals surface area (Å²) in [5.41, 5.74) is 3.36. The van der Waals surface area contributed by atoms with Crippen LogP contribution in [0.4, 0.5) is 9.52 Å². The van der Waals surface area contributed by atoms with Gasteiger partial charge in [-0.05, 0) is 82.4 Å². The summed E-state index contributed by atoms with van der Waals surface area (Å²) < 4.78 is 14.2. The lowest BCUT2D eigenvalue weighted by Gasteiger charge is -2.21. The zero-order valence-electron chi connectivity index (χ0n) is 17.9. The van der Waals surface area contributed by atoms with E-state index in [9.17, 15) is 9.18 Å². The summed E-state index contributed by atoms with van der Waals surface area (Å²) in [6, 6.07) is 10.6. The average Bonchev–Trinajstić information content (AvgIpc) is 3.14. The van der Waals surface area contributed by atoms with E-state index in [4.69, 9.17) is 4.98 Å². The first-order valence-electron chi connectivity index (χ1n) is 10.1. The summed E-state index contributed by atoms with van der Waals surface area (Å²) in [5.74, 6) is 0.484. The molecule has 0 aliphatic heterocycles. The molecule has 30 heavy (non-hydrogen) atoms. The Morgan fingerprint density at radius 1 is 1.10 bits per heavy atom. The Hall–Kier alpha value is -1.96. The molecule has 0 atom stereocenters. The van der Waals surface area contributed by atoms with Crippen molar-refractivity contribution in [3.05, 3.63) is 53.3 Å². The molecule has 0 N–H and O–H groups in total. The van der Waals surface area contributed by atoms with Gasteiger partial charge in [-0.1, -0.05) is 17.4 Å². The Morgan fingerprint density at radius 2 is 1.83 bits per heavy atom. The van der Waals surface area contributed by atoms with E-state index in [2.05, 4.69) is 30.9 Å². The number of carbonyl (C=O) groups excluding carboxylic acids is 1.